The van der Waals surface area contributed by atoms with E-state index in [0.717, 1.165) is 28.4 Å². The molecule has 8 nitrogen and oxygen atoms in total. The maximum Gasteiger partial charge on any atom is 0.349 e. The van der Waals surface area contributed by atoms with Crippen LogP contribution in [0.3, 0.4) is 0 Å². The van der Waals surface area contributed by atoms with Crippen molar-refractivity contribution in [2.75, 3.05) is 27.9 Å². The Morgan fingerprint density at radius 1 is 1.03 bits per heavy atom. The number of benzene rings is 2. The lowest BCUT2D eigenvalue weighted by molar-refractivity contribution is -0.148. The van der Waals surface area contributed by atoms with Crippen LogP contribution in [-0.2, 0) is 20.9 Å². The molecule has 0 atom stereocenters. The molecule has 0 aliphatic heterocycles. The lowest BCUT2D eigenvalue weighted by Gasteiger charge is -2.17. The van der Waals surface area contributed by atoms with Crippen molar-refractivity contribution in [1.82, 2.24) is 9.47 Å². The van der Waals surface area contributed by atoms with Crippen molar-refractivity contribution in [3.8, 4) is 23.3 Å². The minimum Gasteiger partial charge on any atom is -0.497 e. The van der Waals surface area contributed by atoms with Gasteiger partial charge in [0.05, 0.1) is 14.2 Å². The highest BCUT2D eigenvalue weighted by Crippen LogP contribution is 2.24. The Kier molecular flexibility index (Phi) is 8.52. The third-order valence-electron chi connectivity index (χ3n) is 5.75. The summed E-state index contributed by atoms with van der Waals surface area (Å²) in [6, 6.07) is 18.7. The first-order chi connectivity index (χ1) is 17.3. The predicted molar refractivity (Wildman–Crippen MR) is 136 cm³/mol. The lowest BCUT2D eigenvalue weighted by atomic mass is 10.1. The van der Waals surface area contributed by atoms with Crippen LogP contribution in [0, 0.1) is 25.2 Å². The van der Waals surface area contributed by atoms with Crippen LogP contribution in [0.25, 0.3) is 11.8 Å². The van der Waals surface area contributed by atoms with Crippen LogP contribution >= 0.6 is 0 Å². The van der Waals surface area contributed by atoms with Gasteiger partial charge in [0.15, 0.2) is 6.61 Å². The Labute approximate surface area is 210 Å². The quantitative estimate of drug-likeness (QED) is 0.255. The summed E-state index contributed by atoms with van der Waals surface area (Å²) in [6.45, 7) is 3.70. The molecule has 186 valence electrons. The number of amides is 1. The third-order valence-corrected chi connectivity index (χ3v) is 5.75. The number of methoxy groups -OCH3 is 2. The summed E-state index contributed by atoms with van der Waals surface area (Å²) in [5.74, 6) is 0.200. The molecule has 1 heterocycles. The summed E-state index contributed by atoms with van der Waals surface area (Å²) < 4.78 is 17.6. The highest BCUT2D eigenvalue weighted by atomic mass is 16.5. The van der Waals surface area contributed by atoms with Gasteiger partial charge >= 0.3 is 5.97 Å². The second kappa shape index (κ2) is 11.8. The standard InChI is InChI=1S/C28H29N3O5/c1-19-13-22(20(2)31(19)24-9-11-25(34-4)12-10-24)15-23(16-29)28(33)36-18-27(32)30(3)17-21-7-6-8-26(14-21)35-5/h6-15H,17-18H2,1-5H3/b23-15+. The largest absolute Gasteiger partial charge is 0.497 e. The van der Waals surface area contributed by atoms with Crippen LogP contribution in [0.4, 0.5) is 0 Å². The number of carbonyl (C=O) groups excluding carboxylic acids is 2. The maximum absolute atomic E-state index is 12.6. The summed E-state index contributed by atoms with van der Waals surface area (Å²) >= 11 is 0. The Balaban J connectivity index is 1.68. The number of likely N-dealkylation sites (N-methyl/N-ethyl adjacent to an activating group) is 1. The Bertz CT molecular complexity index is 1320. The summed E-state index contributed by atoms with van der Waals surface area (Å²) in [4.78, 5) is 26.5. The normalized spacial score (nSPS) is 10.9. The fourth-order valence-corrected chi connectivity index (χ4v) is 3.80. The molecule has 1 amide bonds. The Hall–Kier alpha value is -4.51. The van der Waals surface area contributed by atoms with E-state index in [1.165, 1.54) is 11.0 Å². The molecule has 0 aliphatic carbocycles. The van der Waals surface area contributed by atoms with E-state index in [1.807, 2.05) is 79.1 Å². The summed E-state index contributed by atoms with van der Waals surface area (Å²) in [5.41, 5.74) is 4.11. The van der Waals surface area contributed by atoms with Crippen molar-refractivity contribution in [1.29, 1.82) is 5.26 Å². The summed E-state index contributed by atoms with van der Waals surface area (Å²) in [6.07, 6.45) is 1.48. The SMILES string of the molecule is COc1ccc(-n2c(C)cc(/C=C(\C#N)C(=O)OCC(=O)N(C)Cc3cccc(OC)c3)c2C)cc1. The number of nitrogens with zero attached hydrogens (tertiary/aromatic N) is 3. The Morgan fingerprint density at radius 2 is 1.72 bits per heavy atom. The highest BCUT2D eigenvalue weighted by molar-refractivity contribution is 5.99. The molecule has 36 heavy (non-hydrogen) atoms. The fourth-order valence-electron chi connectivity index (χ4n) is 3.80. The second-order valence-corrected chi connectivity index (χ2v) is 8.21. The van der Waals surface area contributed by atoms with Crippen LogP contribution in [0.5, 0.6) is 11.5 Å². The molecular weight excluding hydrogens is 458 g/mol. The number of aromatic nitrogens is 1. The second-order valence-electron chi connectivity index (χ2n) is 8.21. The molecule has 0 saturated heterocycles. The number of hydrogen-bond donors (Lipinski definition) is 0. The third kappa shape index (κ3) is 6.13. The number of rotatable bonds is 9. The van der Waals surface area contributed by atoms with Crippen LogP contribution in [0.2, 0.25) is 0 Å². The molecule has 3 rings (SSSR count). The molecule has 0 bridgehead atoms. The van der Waals surface area contributed by atoms with Crippen LogP contribution < -0.4 is 9.47 Å². The summed E-state index contributed by atoms with van der Waals surface area (Å²) in [7, 11) is 4.80. The van der Waals surface area contributed by atoms with E-state index in [2.05, 4.69) is 0 Å². The minimum absolute atomic E-state index is 0.187. The smallest absolute Gasteiger partial charge is 0.349 e. The van der Waals surface area contributed by atoms with E-state index in [1.54, 1.807) is 21.3 Å². The van der Waals surface area contributed by atoms with Crippen LogP contribution in [0.1, 0.15) is 22.5 Å². The molecule has 1 aromatic heterocycles. The van der Waals surface area contributed by atoms with Crippen molar-refractivity contribution in [2.45, 2.75) is 20.4 Å². The lowest BCUT2D eigenvalue weighted by Crippen LogP contribution is -2.31. The molecule has 0 N–H and O–H groups in total. The van der Waals surface area contributed by atoms with Crippen LogP contribution in [0.15, 0.2) is 60.2 Å². The highest BCUT2D eigenvalue weighted by Gasteiger charge is 2.18. The number of nitriles is 1. The monoisotopic (exact) mass is 487 g/mol. The van der Waals surface area contributed by atoms with E-state index in [-0.39, 0.29) is 11.5 Å². The van der Waals surface area contributed by atoms with Gasteiger partial charge in [0.2, 0.25) is 0 Å². The molecule has 0 saturated carbocycles. The van der Waals surface area contributed by atoms with Gasteiger partial charge in [0.25, 0.3) is 5.91 Å². The summed E-state index contributed by atoms with van der Waals surface area (Å²) in [5, 5.41) is 9.57. The molecule has 0 fully saturated rings. The van der Waals surface area contributed by atoms with E-state index >= 15 is 0 Å². The van der Waals surface area contributed by atoms with Gasteiger partial charge in [0.1, 0.15) is 23.1 Å². The van der Waals surface area contributed by atoms with Crippen molar-refractivity contribution in [2.24, 2.45) is 0 Å². The molecule has 3 aromatic rings. The average Bonchev–Trinajstić information content (AvgIpc) is 3.17. The molecule has 0 radical (unpaired) electrons. The molecular formula is C28H29N3O5. The van der Waals surface area contributed by atoms with Gasteiger partial charge in [-0.15, -0.1) is 0 Å². The maximum atomic E-state index is 12.6. The first-order valence-corrected chi connectivity index (χ1v) is 11.3. The van der Waals surface area contributed by atoms with Crippen LogP contribution in [-0.4, -0.2) is 49.2 Å². The molecule has 0 spiro atoms. The van der Waals surface area contributed by atoms with Gasteiger partial charge in [0, 0.05) is 30.7 Å². The zero-order valence-electron chi connectivity index (χ0n) is 21.1. The average molecular weight is 488 g/mol. The van der Waals surface area contributed by atoms with Crippen molar-refractivity contribution in [3.63, 3.8) is 0 Å². The van der Waals surface area contributed by atoms with E-state index < -0.39 is 12.6 Å². The number of carbonyl (C=O) groups is 2. The number of hydrogen-bond acceptors (Lipinski definition) is 6. The molecule has 0 unspecified atom stereocenters. The van der Waals surface area contributed by atoms with Gasteiger partial charge < -0.3 is 23.7 Å². The van der Waals surface area contributed by atoms with Gasteiger partial charge in [-0.1, -0.05) is 12.1 Å². The van der Waals surface area contributed by atoms with Crippen molar-refractivity contribution < 1.29 is 23.8 Å². The first-order valence-electron chi connectivity index (χ1n) is 11.3. The van der Waals surface area contributed by atoms with Crippen molar-refractivity contribution in [3.05, 3.63) is 82.7 Å². The predicted octanol–water partition coefficient (Wildman–Crippen LogP) is 4.22. The van der Waals surface area contributed by atoms with E-state index in [4.69, 9.17) is 14.2 Å². The number of ether oxygens (including phenoxy) is 3. The number of esters is 1. The van der Waals surface area contributed by atoms with Gasteiger partial charge in [-0.25, -0.2) is 4.79 Å². The zero-order valence-corrected chi connectivity index (χ0v) is 21.1. The first kappa shape index (κ1) is 26.1. The van der Waals surface area contributed by atoms with Gasteiger partial charge in [-0.3, -0.25) is 4.79 Å². The molecule has 2 aromatic carbocycles. The van der Waals surface area contributed by atoms with Gasteiger partial charge in [-0.05, 0) is 73.5 Å². The van der Waals surface area contributed by atoms with E-state index in [0.29, 0.717) is 17.9 Å². The van der Waals surface area contributed by atoms with E-state index in [9.17, 15) is 14.9 Å². The topological polar surface area (TPSA) is 93.8 Å². The van der Waals surface area contributed by atoms with Crippen molar-refractivity contribution >= 4 is 18.0 Å². The minimum atomic E-state index is -0.852. The number of aryl methyl sites for hydroxylation is 1. The molecule has 0 aliphatic rings. The van der Waals surface area contributed by atoms with Gasteiger partial charge in [-0.2, -0.15) is 5.26 Å². The Morgan fingerprint density at radius 3 is 2.36 bits per heavy atom. The fraction of sp³-hybridized carbons (Fsp3) is 0.250. The molecule has 8 heteroatoms. The zero-order chi connectivity index (χ0) is 26.2.